The molecule has 0 radical (unpaired) electrons. The number of hydrogen-bond donors (Lipinski definition) is 0. The molecule has 0 amide bonds. The summed E-state index contributed by atoms with van der Waals surface area (Å²) in [5, 5.41) is 0. The van der Waals surface area contributed by atoms with E-state index in [1.807, 2.05) is 0 Å². The quantitative estimate of drug-likeness (QED) is 0.307. The van der Waals surface area contributed by atoms with Crippen molar-refractivity contribution in [2.45, 2.75) is 0 Å². The second kappa shape index (κ2) is 4.27. The molecule has 0 fully saturated rings. The summed E-state index contributed by atoms with van der Waals surface area (Å²) in [5.74, 6) is 0. The van der Waals surface area contributed by atoms with Gasteiger partial charge in [0.15, 0.2) is 0 Å². The van der Waals surface area contributed by atoms with Crippen LogP contribution >= 0.6 is 11.1 Å². The van der Waals surface area contributed by atoms with Gasteiger partial charge in [-0.25, -0.2) is 0 Å². The summed E-state index contributed by atoms with van der Waals surface area (Å²) in [5.41, 5.74) is 0. The molecule has 26 valence electrons. The van der Waals surface area contributed by atoms with Gasteiger partial charge in [-0.2, -0.15) is 0 Å². The molecule has 4 heteroatoms. The van der Waals surface area contributed by atoms with Crippen molar-refractivity contribution in [3.63, 3.8) is 0 Å². The van der Waals surface area contributed by atoms with Gasteiger partial charge in [-0.1, -0.05) is 0 Å². The first-order chi connectivity index (χ1) is 1.91. The van der Waals surface area contributed by atoms with Gasteiger partial charge in [-0.15, -0.1) is 0 Å². The SMILES string of the molecule is [SiH3][GeH2][SiH2]Cl. The van der Waals surface area contributed by atoms with E-state index < -0.39 is 0 Å². The van der Waals surface area contributed by atoms with Gasteiger partial charge in [-0.3, -0.25) is 0 Å². The first-order valence-electron chi connectivity index (χ1n) is 1.47. The Morgan fingerprint density at radius 3 is 2.25 bits per heavy atom. The summed E-state index contributed by atoms with van der Waals surface area (Å²) < 4.78 is 0. The zero-order chi connectivity index (χ0) is 3.41. The molecule has 0 saturated carbocycles. The summed E-state index contributed by atoms with van der Waals surface area (Å²) in [6, 6.07) is 0. The second-order valence-electron chi connectivity index (χ2n) is 0.689. The van der Waals surface area contributed by atoms with Gasteiger partial charge in [0.05, 0.1) is 0 Å². The molecule has 0 aromatic heterocycles. The Morgan fingerprint density at radius 2 is 2.25 bits per heavy atom. The van der Waals surface area contributed by atoms with Gasteiger partial charge in [0.25, 0.3) is 0 Å². The summed E-state index contributed by atoms with van der Waals surface area (Å²) in [6.45, 7) is 0. The van der Waals surface area contributed by atoms with E-state index in [4.69, 9.17) is 11.1 Å². The Hall–Kier alpha value is 1.27. The molecule has 0 aliphatic rings. The van der Waals surface area contributed by atoms with Crippen LogP contribution in [0.25, 0.3) is 0 Å². The van der Waals surface area contributed by atoms with Gasteiger partial charge in [0.2, 0.25) is 0 Å². The summed E-state index contributed by atoms with van der Waals surface area (Å²) >= 11 is 5.60. The van der Waals surface area contributed by atoms with E-state index >= 15 is 0 Å². The zero-order valence-electron chi connectivity index (χ0n) is 2.79. The standard InChI is InChI=1S/ClGeH7Si2/c1-4-2-3/h2,4H2,3H3. The first-order valence-corrected chi connectivity index (χ1v) is 21.2. The van der Waals surface area contributed by atoms with Crippen molar-refractivity contribution in [3.8, 4) is 0 Å². The second-order valence-corrected chi connectivity index (χ2v) is 32.2. The Balaban J connectivity index is 1.97. The van der Waals surface area contributed by atoms with E-state index in [0.717, 1.165) is 0 Å². The molecular formula is H7ClGeSi2. The van der Waals surface area contributed by atoms with Crippen LogP contribution in [0.1, 0.15) is 0 Å². The van der Waals surface area contributed by atoms with Crippen molar-refractivity contribution in [3.05, 3.63) is 0 Å². The maximum absolute atomic E-state index is 5.44. The molecule has 0 aromatic carbocycles. The maximum atomic E-state index is 5.44. The van der Waals surface area contributed by atoms with Gasteiger partial charge >= 0.3 is 41.3 Å². The Morgan fingerprint density at radius 1 is 2.00 bits per heavy atom. The van der Waals surface area contributed by atoms with E-state index in [9.17, 15) is 0 Å². The molecule has 0 heterocycles. The van der Waals surface area contributed by atoms with Crippen LogP contribution in [0.2, 0.25) is 0 Å². The third-order valence-corrected chi connectivity index (χ3v) is 26.5. The molecule has 0 unspecified atom stereocenters. The van der Waals surface area contributed by atoms with Crippen molar-refractivity contribution >= 4 is 41.3 Å². The predicted molar refractivity (Wildman–Crippen MR) is 32.9 cm³/mol. The molecule has 0 saturated heterocycles. The van der Waals surface area contributed by atoms with Crippen molar-refractivity contribution in [2.24, 2.45) is 0 Å². The van der Waals surface area contributed by atoms with Gasteiger partial charge in [0, 0.05) is 0 Å². The molecule has 4 heavy (non-hydrogen) atoms. The summed E-state index contributed by atoms with van der Waals surface area (Å²) in [6.07, 6.45) is 0. The van der Waals surface area contributed by atoms with E-state index in [2.05, 4.69) is 0 Å². The molecule has 0 atom stereocenters. The van der Waals surface area contributed by atoms with Crippen molar-refractivity contribution in [1.82, 2.24) is 0 Å². The van der Waals surface area contributed by atoms with Crippen LogP contribution in [0, 0.1) is 0 Å². The Labute approximate surface area is 41.6 Å². The fourth-order valence-corrected chi connectivity index (χ4v) is 0. The number of hydrogen-bond acceptors (Lipinski definition) is 0. The summed E-state index contributed by atoms with van der Waals surface area (Å²) in [7, 11) is 1.65. The molecule has 0 N–H and O–H groups in total. The van der Waals surface area contributed by atoms with E-state index in [1.54, 1.807) is 0 Å². The van der Waals surface area contributed by atoms with Crippen LogP contribution in [0.5, 0.6) is 0 Å². The first kappa shape index (κ1) is 5.27. The molecule has 0 bridgehead atoms. The molecule has 0 aliphatic heterocycles. The van der Waals surface area contributed by atoms with E-state index in [0.29, 0.717) is 0 Å². The zero-order valence-corrected chi connectivity index (χ0v) is 9.93. The summed E-state index contributed by atoms with van der Waals surface area (Å²) in [4.78, 5) is 0. The average Bonchev–Trinajstić information content (AvgIpc) is 1.37. The van der Waals surface area contributed by atoms with Crippen molar-refractivity contribution in [2.75, 3.05) is 0 Å². The van der Waals surface area contributed by atoms with E-state index in [1.165, 1.54) is 8.77 Å². The Bertz CT molecular complexity index is 8.00. The third-order valence-electron chi connectivity index (χ3n) is 0.189. The molecule has 0 spiro atoms. The molecule has 0 rings (SSSR count). The fraction of sp³-hybridized carbons (Fsp3) is 0. The van der Waals surface area contributed by atoms with Crippen LogP contribution < -0.4 is 0 Å². The average molecular weight is 171 g/mol. The van der Waals surface area contributed by atoms with Crippen LogP contribution in [0.3, 0.4) is 0 Å². The van der Waals surface area contributed by atoms with Crippen LogP contribution in [0.4, 0.5) is 0 Å². The van der Waals surface area contributed by atoms with Gasteiger partial charge in [-0.05, 0) is 0 Å². The van der Waals surface area contributed by atoms with Crippen molar-refractivity contribution in [1.29, 1.82) is 0 Å². The monoisotopic (exact) mass is 172 g/mol. The van der Waals surface area contributed by atoms with E-state index in [-0.39, 0.29) is 21.5 Å². The minimum atomic E-state index is 0.146. The molecular weight excluding hydrogens is 164 g/mol. The van der Waals surface area contributed by atoms with Crippen molar-refractivity contribution < 1.29 is 0 Å². The van der Waals surface area contributed by atoms with Crippen LogP contribution in [-0.4, -0.2) is 30.2 Å². The van der Waals surface area contributed by atoms with Crippen LogP contribution in [-0.2, 0) is 0 Å². The normalized spacial score (nSPS) is 14.2. The van der Waals surface area contributed by atoms with Gasteiger partial charge < -0.3 is 0 Å². The van der Waals surface area contributed by atoms with Gasteiger partial charge in [0.1, 0.15) is 0 Å². The number of halogens is 1. The minimum absolute atomic E-state index is 0.146. The van der Waals surface area contributed by atoms with Crippen LogP contribution in [0.15, 0.2) is 0 Å². The molecule has 0 aliphatic carbocycles. The number of rotatable bonds is 1. The predicted octanol–water partition coefficient (Wildman–Crippen LogP) is -2.33. The molecule has 0 aromatic rings. The topological polar surface area (TPSA) is 0 Å². The third kappa shape index (κ3) is 3.27. The fourth-order valence-electron chi connectivity index (χ4n) is 0. The molecule has 0 nitrogen and oxygen atoms in total. The Kier molecular flexibility index (Phi) is 5.62.